The lowest BCUT2D eigenvalue weighted by Gasteiger charge is -1.98. The van der Waals surface area contributed by atoms with Crippen molar-refractivity contribution in [2.75, 3.05) is 0 Å². The zero-order valence-electron chi connectivity index (χ0n) is 7.89. The van der Waals surface area contributed by atoms with E-state index in [1.807, 2.05) is 12.1 Å². The number of rotatable bonds is 1. The van der Waals surface area contributed by atoms with E-state index in [1.54, 1.807) is 0 Å². The topological polar surface area (TPSA) is 0 Å². The van der Waals surface area contributed by atoms with Gasteiger partial charge in [0.1, 0.15) is 0 Å². The van der Waals surface area contributed by atoms with Crippen LogP contribution in [0, 0.1) is 0 Å². The van der Waals surface area contributed by atoms with Crippen LogP contribution in [0.3, 0.4) is 0 Å². The van der Waals surface area contributed by atoms with E-state index >= 15 is 0 Å². The monoisotopic (exact) mass is 224 g/mol. The zero-order valence-corrected chi connectivity index (χ0v) is 10.1. The van der Waals surface area contributed by atoms with Gasteiger partial charge in [0, 0.05) is 0 Å². The molecule has 0 aliphatic heterocycles. The highest BCUT2D eigenvalue weighted by atomic mass is 35.5. The molecule has 0 saturated carbocycles. The average Bonchev–Trinajstić information content (AvgIpc) is 2.21. The molecule has 0 heterocycles. The van der Waals surface area contributed by atoms with Crippen molar-refractivity contribution in [3.05, 3.63) is 60.7 Å². The van der Waals surface area contributed by atoms with Crippen LogP contribution in [0.1, 0.15) is 0 Å². The van der Waals surface area contributed by atoms with E-state index < -0.39 is 0 Å². The fraction of sp³-hybridized carbons (Fsp3) is 0. The Labute approximate surface area is 94.4 Å². The van der Waals surface area contributed by atoms with Gasteiger partial charge in [-0.05, 0) is 11.1 Å². The van der Waals surface area contributed by atoms with Gasteiger partial charge < -0.3 is 0 Å². The van der Waals surface area contributed by atoms with Gasteiger partial charge in [-0.3, -0.25) is 0 Å². The molecule has 2 rings (SSSR count). The molecule has 0 aromatic heterocycles. The van der Waals surface area contributed by atoms with Crippen molar-refractivity contribution < 1.29 is 0 Å². The summed E-state index contributed by atoms with van der Waals surface area (Å²) in [7, 11) is 0. The maximum absolute atomic E-state index is 2.12. The van der Waals surface area contributed by atoms with E-state index in [9.17, 15) is 0 Å². The predicted molar refractivity (Wildman–Crippen MR) is 70.2 cm³/mol. The van der Waals surface area contributed by atoms with E-state index in [0.29, 0.717) is 0 Å². The SMILES string of the molecule is Cl.P.c1ccc(-c2ccccc2)cc1. The van der Waals surface area contributed by atoms with Gasteiger partial charge in [-0.25, -0.2) is 0 Å². The second-order valence-electron chi connectivity index (χ2n) is 2.73. The first-order valence-corrected chi connectivity index (χ1v) is 4.07. The molecule has 0 aliphatic rings. The first-order chi connectivity index (χ1) is 5.97. The summed E-state index contributed by atoms with van der Waals surface area (Å²) >= 11 is 0. The molecule has 2 aromatic rings. The average molecular weight is 225 g/mol. The van der Waals surface area contributed by atoms with Crippen LogP contribution in [0.5, 0.6) is 0 Å². The quantitative estimate of drug-likeness (QED) is 0.646. The Morgan fingerprint density at radius 2 is 0.786 bits per heavy atom. The van der Waals surface area contributed by atoms with Gasteiger partial charge >= 0.3 is 0 Å². The van der Waals surface area contributed by atoms with Crippen molar-refractivity contribution in [3.63, 3.8) is 0 Å². The molecule has 14 heavy (non-hydrogen) atoms. The number of halogens is 1. The minimum absolute atomic E-state index is 0. The van der Waals surface area contributed by atoms with Crippen molar-refractivity contribution in [2.45, 2.75) is 0 Å². The van der Waals surface area contributed by atoms with Crippen LogP contribution in [0.15, 0.2) is 60.7 Å². The molecule has 2 aromatic carbocycles. The van der Waals surface area contributed by atoms with Gasteiger partial charge in [-0.15, -0.1) is 12.4 Å². The van der Waals surface area contributed by atoms with Crippen LogP contribution < -0.4 is 0 Å². The van der Waals surface area contributed by atoms with E-state index in [-0.39, 0.29) is 22.3 Å². The molecular weight excluding hydrogens is 211 g/mol. The molecule has 0 aliphatic carbocycles. The van der Waals surface area contributed by atoms with Crippen LogP contribution in [-0.4, -0.2) is 0 Å². The van der Waals surface area contributed by atoms with E-state index in [4.69, 9.17) is 0 Å². The second-order valence-corrected chi connectivity index (χ2v) is 2.73. The van der Waals surface area contributed by atoms with Gasteiger partial charge in [0.05, 0.1) is 0 Å². The molecule has 0 bridgehead atoms. The lowest BCUT2D eigenvalue weighted by atomic mass is 10.1. The molecule has 0 nitrogen and oxygen atoms in total. The summed E-state index contributed by atoms with van der Waals surface area (Å²) in [6, 6.07) is 20.8. The summed E-state index contributed by atoms with van der Waals surface area (Å²) in [5.41, 5.74) is 2.55. The minimum Gasteiger partial charge on any atom is -0.153 e. The first kappa shape index (κ1) is 13.2. The predicted octanol–water partition coefficient (Wildman–Crippen LogP) is 3.83. The van der Waals surface area contributed by atoms with Crippen molar-refractivity contribution in [3.8, 4) is 11.1 Å². The summed E-state index contributed by atoms with van der Waals surface area (Å²) in [6.45, 7) is 0. The summed E-state index contributed by atoms with van der Waals surface area (Å²) in [5.74, 6) is 0. The van der Waals surface area contributed by atoms with E-state index in [0.717, 1.165) is 0 Å². The highest BCUT2D eigenvalue weighted by molar-refractivity contribution is 6.92. The van der Waals surface area contributed by atoms with Gasteiger partial charge in [-0.2, -0.15) is 9.90 Å². The fourth-order valence-corrected chi connectivity index (χ4v) is 1.26. The summed E-state index contributed by atoms with van der Waals surface area (Å²) in [4.78, 5) is 0. The fourth-order valence-electron chi connectivity index (χ4n) is 1.26. The molecule has 0 saturated heterocycles. The lowest BCUT2D eigenvalue weighted by Crippen LogP contribution is -1.73. The standard InChI is InChI=1S/C12H10.ClH.H3P/c1-3-7-11(8-4-1)12-9-5-2-6-10-12;;/h1-10H;1H;1H3. The van der Waals surface area contributed by atoms with Gasteiger partial charge in [0.25, 0.3) is 0 Å². The van der Waals surface area contributed by atoms with Crippen LogP contribution >= 0.6 is 22.3 Å². The molecule has 0 fully saturated rings. The Kier molecular flexibility index (Phi) is 6.19. The summed E-state index contributed by atoms with van der Waals surface area (Å²) in [5, 5.41) is 0. The molecule has 1 atom stereocenters. The molecular formula is C12H14ClP. The maximum atomic E-state index is 2.12. The summed E-state index contributed by atoms with van der Waals surface area (Å²) < 4.78 is 0. The molecule has 74 valence electrons. The van der Waals surface area contributed by atoms with Crippen LogP contribution in [0.4, 0.5) is 0 Å². The van der Waals surface area contributed by atoms with Crippen molar-refractivity contribution >= 4 is 22.3 Å². The molecule has 1 unspecified atom stereocenters. The number of benzene rings is 2. The Balaban J connectivity index is 0.000000845. The van der Waals surface area contributed by atoms with Crippen LogP contribution in [0.25, 0.3) is 11.1 Å². The third kappa shape index (κ3) is 3.14. The zero-order chi connectivity index (χ0) is 8.23. The van der Waals surface area contributed by atoms with Crippen molar-refractivity contribution in [1.82, 2.24) is 0 Å². The van der Waals surface area contributed by atoms with Crippen molar-refractivity contribution in [1.29, 1.82) is 0 Å². The highest BCUT2D eigenvalue weighted by Gasteiger charge is 1.91. The molecule has 2 heteroatoms. The number of hydrogen-bond acceptors (Lipinski definition) is 0. The molecule has 0 spiro atoms. The van der Waals surface area contributed by atoms with Gasteiger partial charge in [0.15, 0.2) is 0 Å². The Morgan fingerprint density at radius 3 is 1.07 bits per heavy atom. The Morgan fingerprint density at radius 1 is 0.500 bits per heavy atom. The second kappa shape index (κ2) is 6.59. The van der Waals surface area contributed by atoms with E-state index in [1.165, 1.54) is 11.1 Å². The largest absolute Gasteiger partial charge is 0.153 e. The normalized spacial score (nSPS) is 8.29. The molecule has 0 radical (unpaired) electrons. The molecule has 0 amide bonds. The van der Waals surface area contributed by atoms with Crippen LogP contribution in [-0.2, 0) is 0 Å². The smallest absolute Gasteiger partial charge is 0.0184 e. The van der Waals surface area contributed by atoms with Gasteiger partial charge in [0.2, 0.25) is 0 Å². The molecule has 0 N–H and O–H groups in total. The maximum Gasteiger partial charge on any atom is -0.0184 e. The summed E-state index contributed by atoms with van der Waals surface area (Å²) in [6.07, 6.45) is 0. The third-order valence-corrected chi connectivity index (χ3v) is 1.88. The minimum atomic E-state index is 0. The number of hydrogen-bond donors (Lipinski definition) is 0. The third-order valence-electron chi connectivity index (χ3n) is 1.88. The highest BCUT2D eigenvalue weighted by Crippen LogP contribution is 2.17. The van der Waals surface area contributed by atoms with Crippen LogP contribution in [0.2, 0.25) is 0 Å². The Bertz CT molecular complexity index is 308. The van der Waals surface area contributed by atoms with Gasteiger partial charge in [-0.1, -0.05) is 60.7 Å². The van der Waals surface area contributed by atoms with Crippen molar-refractivity contribution in [2.24, 2.45) is 0 Å². The Hall–Kier alpha value is -0.840. The lowest BCUT2D eigenvalue weighted by molar-refractivity contribution is 1.62. The van der Waals surface area contributed by atoms with E-state index in [2.05, 4.69) is 48.5 Å². The first-order valence-electron chi connectivity index (χ1n) is 4.07.